The number of rotatable bonds is 2. The quantitative estimate of drug-likeness (QED) is 0.769. The molecule has 0 saturated carbocycles. The van der Waals surface area contributed by atoms with Crippen LogP contribution in [-0.2, 0) is 14.2 Å². The highest BCUT2D eigenvalue weighted by atomic mass is 16.7. The van der Waals surface area contributed by atoms with Crippen LogP contribution in [0.2, 0.25) is 0 Å². The highest BCUT2D eigenvalue weighted by molar-refractivity contribution is 5.48. The summed E-state index contributed by atoms with van der Waals surface area (Å²) < 4.78 is 17.6. The summed E-state index contributed by atoms with van der Waals surface area (Å²) in [6, 6.07) is 0. The third kappa shape index (κ3) is 3.26. The summed E-state index contributed by atoms with van der Waals surface area (Å²) in [7, 11) is 1.72. The summed E-state index contributed by atoms with van der Waals surface area (Å²) >= 11 is 0. The second-order valence-electron chi connectivity index (χ2n) is 6.76. The molecule has 0 aromatic rings. The van der Waals surface area contributed by atoms with Gasteiger partial charge in [-0.15, -0.1) is 0 Å². The third-order valence-corrected chi connectivity index (χ3v) is 4.06. The second-order valence-corrected chi connectivity index (χ2v) is 6.76. The van der Waals surface area contributed by atoms with Crippen molar-refractivity contribution in [3.63, 3.8) is 0 Å². The maximum Gasteiger partial charge on any atom is 0.187 e. The van der Waals surface area contributed by atoms with Gasteiger partial charge in [0.25, 0.3) is 0 Å². The molecule has 0 N–H and O–H groups in total. The molecule has 2 aliphatic carbocycles. The molecule has 0 spiro atoms. The second kappa shape index (κ2) is 6.27. The van der Waals surface area contributed by atoms with Gasteiger partial charge in [-0.1, -0.05) is 44.2 Å². The Balaban J connectivity index is 1.95. The monoisotopic (exact) mass is 300 g/mol. The predicted octanol–water partition coefficient (Wildman–Crippen LogP) is 4.06. The number of allylic oxidation sites excluding steroid dienone is 8. The summed E-state index contributed by atoms with van der Waals surface area (Å²) in [4.78, 5) is 0. The van der Waals surface area contributed by atoms with E-state index in [-0.39, 0.29) is 11.7 Å². The minimum Gasteiger partial charge on any atom is -0.496 e. The Morgan fingerprint density at radius 2 is 1.82 bits per heavy atom. The summed E-state index contributed by atoms with van der Waals surface area (Å²) in [5.41, 5.74) is 3.50. The first-order valence-electron chi connectivity index (χ1n) is 7.84. The lowest BCUT2D eigenvalue weighted by Gasteiger charge is -2.35. The molecule has 3 rings (SSSR count). The van der Waals surface area contributed by atoms with Crippen LogP contribution in [0.25, 0.3) is 0 Å². The number of hydrogen-bond donors (Lipinski definition) is 0. The predicted molar refractivity (Wildman–Crippen MR) is 87.2 cm³/mol. The van der Waals surface area contributed by atoms with E-state index in [0.717, 1.165) is 24.2 Å². The van der Waals surface area contributed by atoms with Crippen LogP contribution in [0.5, 0.6) is 0 Å². The van der Waals surface area contributed by atoms with Crippen LogP contribution < -0.4 is 0 Å². The average molecular weight is 300 g/mol. The summed E-state index contributed by atoms with van der Waals surface area (Å²) in [6.45, 7) is 5.68. The Morgan fingerprint density at radius 1 is 1.09 bits per heavy atom. The van der Waals surface area contributed by atoms with Gasteiger partial charge in [0.1, 0.15) is 5.76 Å². The minimum absolute atomic E-state index is 0.0636. The normalized spacial score (nSPS) is 28.0. The fourth-order valence-electron chi connectivity index (χ4n) is 2.88. The SMILES string of the molecule is COC1=C2/C=C\C/C=C\C(=CC=C1C1OCC(C)(C)CO1)C2. The van der Waals surface area contributed by atoms with Gasteiger partial charge < -0.3 is 14.2 Å². The maximum atomic E-state index is 5.96. The van der Waals surface area contributed by atoms with Gasteiger partial charge in [-0.05, 0) is 23.6 Å². The molecule has 3 nitrogen and oxygen atoms in total. The van der Waals surface area contributed by atoms with Gasteiger partial charge in [-0.2, -0.15) is 0 Å². The standard InChI is InChI=1S/C19H24O3/c1-19(2)12-21-18(22-13-19)16-10-9-14-7-5-4-6-8-15(11-14)17(16)20-3/h5-10,18H,4,11-13H2,1-3H3/b7-5-,8-6-. The smallest absolute Gasteiger partial charge is 0.187 e. The van der Waals surface area contributed by atoms with Crippen molar-refractivity contribution in [2.45, 2.75) is 33.0 Å². The van der Waals surface area contributed by atoms with E-state index >= 15 is 0 Å². The molecule has 0 aromatic carbocycles. The molecule has 1 aliphatic heterocycles. The van der Waals surface area contributed by atoms with E-state index in [0.29, 0.717) is 13.2 Å². The highest BCUT2D eigenvalue weighted by Gasteiger charge is 2.32. The van der Waals surface area contributed by atoms with Crippen LogP contribution in [0, 0.1) is 5.41 Å². The highest BCUT2D eigenvalue weighted by Crippen LogP contribution is 2.34. The number of methoxy groups -OCH3 is 1. The van der Waals surface area contributed by atoms with Crippen LogP contribution in [-0.4, -0.2) is 26.6 Å². The Hall–Kier alpha value is -1.58. The first-order valence-corrected chi connectivity index (χ1v) is 7.84. The van der Waals surface area contributed by atoms with E-state index in [1.165, 1.54) is 11.1 Å². The fraction of sp³-hybridized carbons (Fsp3) is 0.474. The van der Waals surface area contributed by atoms with Crippen molar-refractivity contribution in [1.82, 2.24) is 0 Å². The molecule has 22 heavy (non-hydrogen) atoms. The van der Waals surface area contributed by atoms with E-state index < -0.39 is 0 Å². The van der Waals surface area contributed by atoms with Gasteiger partial charge in [-0.25, -0.2) is 0 Å². The number of ether oxygens (including phenoxy) is 3. The minimum atomic E-state index is -0.355. The first-order chi connectivity index (χ1) is 10.6. The molecule has 0 unspecified atom stereocenters. The average Bonchev–Trinajstić information content (AvgIpc) is 2.65. The van der Waals surface area contributed by atoms with Crippen molar-refractivity contribution >= 4 is 0 Å². The van der Waals surface area contributed by atoms with E-state index in [2.05, 4.69) is 50.3 Å². The zero-order valence-corrected chi connectivity index (χ0v) is 13.6. The van der Waals surface area contributed by atoms with Gasteiger partial charge in [0.05, 0.1) is 25.9 Å². The molecule has 1 heterocycles. The Labute approximate surface area is 132 Å². The van der Waals surface area contributed by atoms with Crippen LogP contribution in [0.3, 0.4) is 0 Å². The molecule has 0 amide bonds. The molecular weight excluding hydrogens is 276 g/mol. The molecule has 0 atom stereocenters. The fourth-order valence-corrected chi connectivity index (χ4v) is 2.88. The van der Waals surface area contributed by atoms with E-state index in [1.807, 2.05) is 0 Å². The lowest BCUT2D eigenvalue weighted by atomic mass is 9.95. The van der Waals surface area contributed by atoms with Crippen molar-refractivity contribution in [3.8, 4) is 0 Å². The zero-order valence-electron chi connectivity index (χ0n) is 13.6. The lowest BCUT2D eigenvalue weighted by Crippen LogP contribution is -2.39. The molecule has 3 aliphatic rings. The molecule has 1 fully saturated rings. The number of hydrogen-bond acceptors (Lipinski definition) is 3. The summed E-state index contributed by atoms with van der Waals surface area (Å²) in [5, 5.41) is 0. The molecule has 118 valence electrons. The third-order valence-electron chi connectivity index (χ3n) is 4.06. The van der Waals surface area contributed by atoms with Gasteiger partial charge in [0.15, 0.2) is 6.29 Å². The summed E-state index contributed by atoms with van der Waals surface area (Å²) in [5.74, 6) is 0.877. The Kier molecular flexibility index (Phi) is 4.37. The molecule has 3 heteroatoms. The van der Waals surface area contributed by atoms with Crippen LogP contribution in [0.4, 0.5) is 0 Å². The topological polar surface area (TPSA) is 27.7 Å². The van der Waals surface area contributed by atoms with E-state index in [1.54, 1.807) is 7.11 Å². The molecular formula is C19H24O3. The van der Waals surface area contributed by atoms with E-state index in [4.69, 9.17) is 14.2 Å². The number of fused-ring (bicyclic) bond motifs is 2. The molecule has 1 saturated heterocycles. The van der Waals surface area contributed by atoms with Crippen molar-refractivity contribution < 1.29 is 14.2 Å². The van der Waals surface area contributed by atoms with Crippen molar-refractivity contribution in [1.29, 1.82) is 0 Å². The summed E-state index contributed by atoms with van der Waals surface area (Å²) in [6.07, 6.45) is 14.4. The lowest BCUT2D eigenvalue weighted by molar-refractivity contribution is -0.203. The maximum absolute atomic E-state index is 5.96. The molecule has 0 radical (unpaired) electrons. The largest absolute Gasteiger partial charge is 0.496 e. The van der Waals surface area contributed by atoms with Gasteiger partial charge in [-0.3, -0.25) is 0 Å². The Morgan fingerprint density at radius 3 is 2.55 bits per heavy atom. The van der Waals surface area contributed by atoms with Crippen LogP contribution in [0.1, 0.15) is 26.7 Å². The van der Waals surface area contributed by atoms with Crippen molar-refractivity contribution in [2.24, 2.45) is 5.41 Å². The van der Waals surface area contributed by atoms with E-state index in [9.17, 15) is 0 Å². The first kappa shape index (κ1) is 15.3. The van der Waals surface area contributed by atoms with Gasteiger partial charge >= 0.3 is 0 Å². The van der Waals surface area contributed by atoms with Crippen LogP contribution in [0.15, 0.2) is 58.9 Å². The van der Waals surface area contributed by atoms with Gasteiger partial charge in [0, 0.05) is 11.8 Å². The zero-order chi connectivity index (χ0) is 15.6. The van der Waals surface area contributed by atoms with Crippen molar-refractivity contribution in [3.05, 3.63) is 58.9 Å². The van der Waals surface area contributed by atoms with Crippen LogP contribution >= 0.6 is 0 Å². The molecule has 0 aromatic heterocycles. The van der Waals surface area contributed by atoms with Gasteiger partial charge in [0.2, 0.25) is 0 Å². The van der Waals surface area contributed by atoms with Crippen molar-refractivity contribution in [2.75, 3.05) is 20.3 Å². The molecule has 2 bridgehead atoms. The Bertz CT molecular complexity index is 578.